The Morgan fingerprint density at radius 1 is 0.410 bits per heavy atom. The molecule has 0 radical (unpaired) electrons. The summed E-state index contributed by atoms with van der Waals surface area (Å²) in [6, 6.07) is -0.597. The Kier molecular flexibility index (Phi) is 38.5. The third-order valence-corrected chi connectivity index (χ3v) is 30.4. The lowest BCUT2D eigenvalue weighted by atomic mass is 9.53. The van der Waals surface area contributed by atoms with Gasteiger partial charge < -0.3 is 68.4 Å². The molecule has 0 aromatic rings. The Hall–Kier alpha value is -8.93. The van der Waals surface area contributed by atoms with Crippen LogP contribution in [-0.2, 0) is 43.0 Å². The number of carbonyl (C=O) groups is 9. The largest absolute Gasteiger partial charge is 0.444 e. The van der Waals surface area contributed by atoms with E-state index >= 15 is 0 Å². The maximum absolute atomic E-state index is 12.7. The van der Waals surface area contributed by atoms with Crippen LogP contribution in [0.2, 0.25) is 0 Å². The van der Waals surface area contributed by atoms with Gasteiger partial charge in [-0.05, 0) is 234 Å². The SMILES string of the molecule is C.C.CCC(F)F.[2H][2H].[C-]#[N+]C1=C[C@@]2(C)CCN(C(=O)OC(C)(C)C)CC[C@@H]2C(C)(C)C1=O.[C-]#[N+]C1=C[C@@]2(C)CCNCC[C@@H]2C(C)(C)C1=O.[C-]#[N+]C1=C[C@@]2(C)CN(C(=O)OC(C)(C)C)CCC[C@@H]2C(C)(C)C1=O.[C-]#[N+]C1=C[C@@]2(C)CN(CC(F)F)CCC[C@@H]2C(C)(C)C1=O.[C-]#[N+]C1=C[C@@]2(C)CNCCC[C@@H]2C(C)(C)C1=O.[C-]#[N+]C1C[C@@]2(C)CN(C(=O)OC(C)(C)C)CCC[C@@H]2C(C)(C)C1=O. The number of nitrogens with one attached hydrogen (secondary N) is 2. The Morgan fingerprint density at radius 3 is 1.13 bits per heavy atom. The summed E-state index contributed by atoms with van der Waals surface area (Å²) in [7, 11) is 0. The monoisotopic (exact) mass is 1880 g/mol. The maximum atomic E-state index is 12.7. The van der Waals surface area contributed by atoms with Gasteiger partial charge in [-0.1, -0.05) is 177 Å². The normalized spacial score (nSPS) is 31.5. The first kappa shape index (κ1) is 116. The highest BCUT2D eigenvalue weighted by molar-refractivity contribution is 6.05. The highest BCUT2D eigenvalue weighted by atomic mass is 19.3. The zero-order chi connectivity index (χ0) is 102. The molecule has 24 nitrogen and oxygen atoms in total. The molecule has 0 bridgehead atoms. The van der Waals surface area contributed by atoms with Gasteiger partial charge >= 0.3 is 18.3 Å². The van der Waals surface area contributed by atoms with Crippen LogP contribution in [0.25, 0.3) is 29.1 Å². The molecule has 748 valence electrons. The molecule has 2 N–H and O–H groups in total. The molecular formula is C106H164F4N12O12. The first-order chi connectivity index (χ1) is 61.5. The summed E-state index contributed by atoms with van der Waals surface area (Å²) >= 11 is 0. The maximum Gasteiger partial charge on any atom is 0.410 e. The molecule has 6 saturated heterocycles. The van der Waals surface area contributed by atoms with Crippen LogP contribution in [0.3, 0.4) is 0 Å². The molecule has 0 spiro atoms. The van der Waals surface area contributed by atoms with Crippen LogP contribution in [0.5, 0.6) is 0 Å². The van der Waals surface area contributed by atoms with E-state index in [0.717, 1.165) is 103 Å². The van der Waals surface area contributed by atoms with E-state index in [1.807, 2.05) is 171 Å². The van der Waals surface area contributed by atoms with Crippen molar-refractivity contribution in [1.82, 2.24) is 30.2 Å². The number of Topliss-reactive ketones (excluding diaryl/α,β-unsaturated/α-hetero) is 6. The predicted octanol–water partition coefficient (Wildman–Crippen LogP) is 23.4. The number of ether oxygens (including phenoxy) is 3. The van der Waals surface area contributed by atoms with Gasteiger partial charge in [-0.3, -0.25) is 9.69 Å². The van der Waals surface area contributed by atoms with Crippen molar-refractivity contribution in [1.29, 1.82) is 0 Å². The average Bonchev–Trinajstić information content (AvgIpc) is 1.41. The standard InChI is InChI=1S/C19H28N2O3.C19H30N2O3.C19H28N2O3.C16H22F2N2O.2C14H20N2O.C3H6F2.2CH4.H2/c1-17(2,3)24-16(23)21-10-8-14-18(4,5)15(22)13(20-7)12-19(14,6)9-11-21;2*1-17(2,3)24-16(23)21-10-8-9-14-18(4,5)15(22)13(20-7)11-19(14,6)12-21;1-15(2)12-6-5-7-20(9-13(17)18)10-16(12,3)8-11(19-4)14(15)21;1-13(2)11-5-7-16-8-6-14(11,3)9-10(15-4)12(13)17;1-13(2)11-6-5-7-16-9-14(11,3)8-10(15-4)12(13)17;1-2-3(4)5;;;/h12,14H,8-11H2,1-6H3;13-14H,8-12H2,1-6H3;11,14H,8-10,12H2,1-6H3;8,12-13H,5-7,9-10H2,1-3H3;9,11,16H,5-8H2,1-3H3;8,11,16H,5-7,9H2,1-3H3;3H,2H2,1H3;2*1H4;1H/t14-,19-;13?,14-,19+;14-,19+;12-,16+;11-,14-;11-,14+;;;;/m111111..../s1/i;;;;;;;;;1+1D. The van der Waals surface area contributed by atoms with E-state index in [1.54, 1.807) is 31.8 Å². The summed E-state index contributed by atoms with van der Waals surface area (Å²) < 4.78 is 73.5. The van der Waals surface area contributed by atoms with E-state index in [2.05, 4.69) is 74.3 Å². The number of hydrogen-bond donors (Lipinski definition) is 2. The van der Waals surface area contributed by atoms with Gasteiger partial charge in [-0.15, -0.1) is 0 Å². The number of hydrogen-bond acceptors (Lipinski definition) is 15. The van der Waals surface area contributed by atoms with E-state index in [-0.39, 0.29) is 143 Å². The third kappa shape index (κ3) is 27.1. The lowest BCUT2D eigenvalue weighted by Crippen LogP contribution is -2.56. The van der Waals surface area contributed by atoms with Crippen LogP contribution in [0.1, 0.15) is 302 Å². The Morgan fingerprint density at radius 2 is 0.746 bits per heavy atom. The summed E-state index contributed by atoms with van der Waals surface area (Å²) in [5, 5.41) is 6.82. The molecule has 3 amide bonds. The van der Waals surface area contributed by atoms with Crippen molar-refractivity contribution in [3.05, 3.63) is 127 Å². The van der Waals surface area contributed by atoms with Crippen molar-refractivity contribution in [2.75, 3.05) is 85.1 Å². The number of allylic oxidation sites excluding steroid dienone is 7. The van der Waals surface area contributed by atoms with Crippen LogP contribution < -0.4 is 10.6 Å². The van der Waals surface area contributed by atoms with Gasteiger partial charge in [0, 0.05) is 101 Å². The summed E-state index contributed by atoms with van der Waals surface area (Å²) in [6.45, 7) is 106. The summed E-state index contributed by atoms with van der Waals surface area (Å²) in [5.41, 5.74) is -4.79. The fourth-order valence-electron chi connectivity index (χ4n) is 24.1. The third-order valence-electron chi connectivity index (χ3n) is 30.4. The Labute approximate surface area is 804 Å². The fourth-order valence-corrected chi connectivity index (χ4v) is 24.1. The number of halogens is 4. The van der Waals surface area contributed by atoms with Crippen molar-refractivity contribution in [3.8, 4) is 0 Å². The molecule has 0 aromatic heterocycles. The number of rotatable bonds is 3. The number of ketones is 6. The molecule has 7 fully saturated rings. The molecule has 0 aromatic carbocycles. The highest BCUT2D eigenvalue weighted by Gasteiger charge is 2.61. The van der Waals surface area contributed by atoms with Crippen LogP contribution in [0, 0.1) is 140 Å². The number of amides is 3. The Balaban J connectivity index is 0.000000415. The smallest absolute Gasteiger partial charge is 0.410 e. The molecule has 12 rings (SSSR count). The summed E-state index contributed by atoms with van der Waals surface area (Å²) in [5.74, 6) is 1.00. The molecule has 6 heterocycles. The minimum absolute atomic E-state index is 0. The lowest BCUT2D eigenvalue weighted by molar-refractivity contribution is -0.141. The van der Waals surface area contributed by atoms with Crippen molar-refractivity contribution in [2.45, 2.75) is 334 Å². The van der Waals surface area contributed by atoms with E-state index in [0.29, 0.717) is 82.0 Å². The van der Waals surface area contributed by atoms with Crippen LogP contribution in [0.4, 0.5) is 31.9 Å². The average molecular weight is 1880 g/mol. The van der Waals surface area contributed by atoms with Gasteiger partial charge in [-0.25, -0.2) is 62.7 Å². The van der Waals surface area contributed by atoms with Gasteiger partial charge in [0.15, 0.2) is 28.9 Å². The lowest BCUT2D eigenvalue weighted by Gasteiger charge is -2.49. The number of nitrogens with zero attached hydrogens (tertiary/aromatic N) is 10. The van der Waals surface area contributed by atoms with Crippen LogP contribution in [-0.4, -0.2) is 193 Å². The first-order valence-corrected chi connectivity index (χ1v) is 47.3. The quantitative estimate of drug-likeness (QED) is 0.152. The predicted molar refractivity (Wildman–Crippen MR) is 520 cm³/mol. The molecule has 6 aliphatic carbocycles. The minimum atomic E-state index is -2.35. The van der Waals surface area contributed by atoms with Gasteiger partial charge in [0.25, 0.3) is 12.5 Å². The summed E-state index contributed by atoms with van der Waals surface area (Å²) in [6.07, 6.45) is 15.1. The zero-order valence-corrected chi connectivity index (χ0v) is 84.6. The minimum Gasteiger partial charge on any atom is -0.444 e. The summed E-state index contributed by atoms with van der Waals surface area (Å²) in [4.78, 5) is 140. The molecule has 134 heavy (non-hydrogen) atoms. The second-order valence-electron chi connectivity index (χ2n) is 46.7. The van der Waals surface area contributed by atoms with Gasteiger partial charge in [0.1, 0.15) is 16.8 Å². The van der Waals surface area contributed by atoms with E-state index in [4.69, 9.17) is 56.6 Å². The molecule has 1 unspecified atom stereocenters. The molecular weight excluding hydrogens is 1710 g/mol. The molecule has 13 atom stereocenters. The topological polar surface area (TPSA) is 245 Å². The highest BCUT2D eigenvalue weighted by Crippen LogP contribution is 2.59. The number of likely N-dealkylation sites (tertiary alicyclic amines) is 4. The second-order valence-corrected chi connectivity index (χ2v) is 46.7. The van der Waals surface area contributed by atoms with E-state index in [9.17, 15) is 60.7 Å². The van der Waals surface area contributed by atoms with Crippen LogP contribution >= 0.6 is 0 Å². The van der Waals surface area contributed by atoms with Crippen LogP contribution in [0.15, 0.2) is 58.9 Å². The van der Waals surface area contributed by atoms with Crippen molar-refractivity contribution < 1.29 is 77.9 Å². The van der Waals surface area contributed by atoms with Crippen molar-refractivity contribution in [2.24, 2.45) is 100 Å². The van der Waals surface area contributed by atoms with Gasteiger partial charge in [0.2, 0.25) is 40.7 Å². The molecule has 6 aliphatic heterocycles. The van der Waals surface area contributed by atoms with Gasteiger partial charge in [-0.2, -0.15) is 0 Å². The van der Waals surface area contributed by atoms with Crippen molar-refractivity contribution in [3.63, 3.8) is 0 Å². The molecule has 1 saturated carbocycles. The number of alkyl halides is 4. The second kappa shape index (κ2) is 44.7. The van der Waals surface area contributed by atoms with Gasteiger partial charge in [0.05, 0.1) is 39.4 Å². The number of carbonyl (C=O) groups excluding carboxylic acids is 9. The zero-order valence-electron chi connectivity index (χ0n) is 86.6. The van der Waals surface area contributed by atoms with E-state index in [1.165, 1.54) is 6.92 Å². The molecule has 12 aliphatic rings. The fraction of sp³-hybridized carbons (Fsp3) is 0.764. The first-order valence-electron chi connectivity index (χ1n) is 48.3. The number of fused-ring (bicyclic) bond motifs is 6. The van der Waals surface area contributed by atoms with Crippen molar-refractivity contribution >= 4 is 53.0 Å². The van der Waals surface area contributed by atoms with E-state index < -0.39 is 79.0 Å². The molecule has 28 heteroatoms. The Bertz CT molecular complexity index is 4650.